The molecule has 2 atom stereocenters. The number of nitrogens with one attached hydrogen (secondary N) is 2. The van der Waals surface area contributed by atoms with Crippen molar-refractivity contribution in [3.63, 3.8) is 0 Å². The molecule has 0 radical (unpaired) electrons. The third-order valence-corrected chi connectivity index (χ3v) is 5.67. The van der Waals surface area contributed by atoms with Gasteiger partial charge in [-0.1, -0.05) is 6.07 Å². The number of carbonyl (C=O) groups is 1. The molecule has 2 heterocycles. The Hall–Kier alpha value is -2.80. The number of aromatic nitrogens is 1. The molecule has 30 heavy (non-hydrogen) atoms. The highest BCUT2D eigenvalue weighted by molar-refractivity contribution is 5.80. The van der Waals surface area contributed by atoms with Gasteiger partial charge in [0.05, 0.1) is 20.1 Å². The summed E-state index contributed by atoms with van der Waals surface area (Å²) in [4.78, 5) is 17.4. The number of rotatable bonds is 8. The second kappa shape index (κ2) is 9.34. The molecule has 7 nitrogen and oxygen atoms in total. The molecular formula is C23H29N3O4. The zero-order valence-corrected chi connectivity index (χ0v) is 17.5. The number of pyridine rings is 1. The minimum atomic E-state index is -0.107. The van der Waals surface area contributed by atoms with Crippen LogP contribution in [-0.2, 0) is 11.4 Å². The normalized spacial score (nSPS) is 21.0. The van der Waals surface area contributed by atoms with Crippen molar-refractivity contribution in [2.45, 2.75) is 37.8 Å². The Morgan fingerprint density at radius 3 is 2.60 bits per heavy atom. The largest absolute Gasteiger partial charge is 0.497 e. The van der Waals surface area contributed by atoms with Crippen LogP contribution in [-0.4, -0.2) is 44.2 Å². The Morgan fingerprint density at radius 2 is 1.90 bits per heavy atom. The molecule has 0 spiro atoms. The van der Waals surface area contributed by atoms with Crippen molar-refractivity contribution in [3.8, 4) is 17.4 Å². The fourth-order valence-electron chi connectivity index (χ4n) is 3.85. The fraction of sp³-hybridized carbons (Fsp3) is 0.478. The molecule has 1 amide bonds. The molecule has 1 saturated heterocycles. The van der Waals surface area contributed by atoms with Gasteiger partial charge in [-0.15, -0.1) is 0 Å². The summed E-state index contributed by atoms with van der Waals surface area (Å²) < 4.78 is 16.6. The standard InChI is InChI=1S/C23H29N3O4/c1-28-17-10-15(11-18(12-17)29-2)14-30-22-5-3-4-21(26-22)19-8-9-24-13-20(19)23(27)25-16-6-7-16/h3-5,10-12,16,19-20,24H,6-9,13-14H2,1-2H3,(H,25,27)/t19-,20-/m0/s1. The van der Waals surface area contributed by atoms with Gasteiger partial charge in [-0.25, -0.2) is 4.98 Å². The van der Waals surface area contributed by atoms with Crippen LogP contribution < -0.4 is 24.8 Å². The molecule has 0 bridgehead atoms. The van der Waals surface area contributed by atoms with E-state index in [1.54, 1.807) is 14.2 Å². The predicted molar refractivity (Wildman–Crippen MR) is 113 cm³/mol. The molecule has 1 aliphatic carbocycles. The molecule has 1 aromatic heterocycles. The van der Waals surface area contributed by atoms with Crippen LogP contribution in [0.5, 0.6) is 17.4 Å². The highest BCUT2D eigenvalue weighted by Gasteiger charge is 2.35. The number of hydrogen-bond acceptors (Lipinski definition) is 6. The third-order valence-electron chi connectivity index (χ3n) is 5.67. The van der Waals surface area contributed by atoms with Gasteiger partial charge in [0, 0.05) is 36.3 Å². The van der Waals surface area contributed by atoms with Crippen LogP contribution in [0.4, 0.5) is 0 Å². The number of nitrogens with zero attached hydrogens (tertiary/aromatic N) is 1. The first-order valence-corrected chi connectivity index (χ1v) is 10.5. The maximum atomic E-state index is 12.7. The average Bonchev–Trinajstić information content (AvgIpc) is 3.61. The average molecular weight is 412 g/mol. The van der Waals surface area contributed by atoms with Crippen LogP contribution >= 0.6 is 0 Å². The number of benzene rings is 1. The van der Waals surface area contributed by atoms with Crippen LogP contribution in [0.2, 0.25) is 0 Å². The van der Waals surface area contributed by atoms with Gasteiger partial charge in [0.1, 0.15) is 18.1 Å². The molecule has 2 fully saturated rings. The van der Waals surface area contributed by atoms with Crippen molar-refractivity contribution in [2.75, 3.05) is 27.3 Å². The summed E-state index contributed by atoms with van der Waals surface area (Å²) in [5.74, 6) is 2.10. The molecule has 4 rings (SSSR count). The van der Waals surface area contributed by atoms with Gasteiger partial charge in [0.2, 0.25) is 11.8 Å². The number of hydrogen-bond donors (Lipinski definition) is 2. The van der Waals surface area contributed by atoms with E-state index in [1.165, 1.54) is 0 Å². The maximum absolute atomic E-state index is 12.7. The zero-order valence-electron chi connectivity index (χ0n) is 17.5. The van der Waals surface area contributed by atoms with E-state index in [9.17, 15) is 4.79 Å². The lowest BCUT2D eigenvalue weighted by molar-refractivity contribution is -0.126. The van der Waals surface area contributed by atoms with Crippen molar-refractivity contribution in [1.29, 1.82) is 0 Å². The van der Waals surface area contributed by atoms with E-state index in [0.717, 1.165) is 37.1 Å². The van der Waals surface area contributed by atoms with Gasteiger partial charge in [0.15, 0.2) is 0 Å². The van der Waals surface area contributed by atoms with E-state index in [1.807, 2.05) is 36.4 Å². The molecule has 2 aliphatic rings. The van der Waals surface area contributed by atoms with Gasteiger partial charge < -0.3 is 24.8 Å². The van der Waals surface area contributed by atoms with Gasteiger partial charge in [-0.05, 0) is 49.6 Å². The Morgan fingerprint density at radius 1 is 1.13 bits per heavy atom. The smallest absolute Gasteiger partial charge is 0.225 e. The van der Waals surface area contributed by atoms with Gasteiger partial charge in [0.25, 0.3) is 0 Å². The Kier molecular flexibility index (Phi) is 6.38. The lowest BCUT2D eigenvalue weighted by Gasteiger charge is -2.31. The number of amides is 1. The van der Waals surface area contributed by atoms with Crippen molar-refractivity contribution >= 4 is 5.91 Å². The minimum absolute atomic E-state index is 0.0884. The summed E-state index contributed by atoms with van der Waals surface area (Å²) in [6.45, 7) is 1.91. The highest BCUT2D eigenvalue weighted by atomic mass is 16.5. The number of ether oxygens (including phenoxy) is 3. The fourth-order valence-corrected chi connectivity index (χ4v) is 3.85. The van der Waals surface area contributed by atoms with E-state index >= 15 is 0 Å². The summed E-state index contributed by atoms with van der Waals surface area (Å²) in [6, 6.07) is 11.8. The van der Waals surface area contributed by atoms with Crippen LogP contribution in [0.3, 0.4) is 0 Å². The van der Waals surface area contributed by atoms with Gasteiger partial charge in [-0.3, -0.25) is 4.79 Å². The van der Waals surface area contributed by atoms with Crippen molar-refractivity contribution in [2.24, 2.45) is 5.92 Å². The summed E-state index contributed by atoms with van der Waals surface area (Å²) >= 11 is 0. The lowest BCUT2D eigenvalue weighted by Crippen LogP contribution is -2.45. The van der Waals surface area contributed by atoms with Crippen LogP contribution in [0, 0.1) is 5.92 Å². The molecule has 2 N–H and O–H groups in total. The summed E-state index contributed by atoms with van der Waals surface area (Å²) in [5, 5.41) is 6.49. The van der Waals surface area contributed by atoms with Crippen LogP contribution in [0.15, 0.2) is 36.4 Å². The van der Waals surface area contributed by atoms with Gasteiger partial charge in [-0.2, -0.15) is 0 Å². The molecule has 7 heteroatoms. The molecule has 1 aromatic carbocycles. The van der Waals surface area contributed by atoms with Crippen LogP contribution in [0.25, 0.3) is 0 Å². The third kappa shape index (κ3) is 5.02. The second-order valence-electron chi connectivity index (χ2n) is 7.90. The first-order valence-electron chi connectivity index (χ1n) is 10.5. The Labute approximate surface area is 177 Å². The highest BCUT2D eigenvalue weighted by Crippen LogP contribution is 2.32. The predicted octanol–water partition coefficient (Wildman–Crippen LogP) is 2.65. The molecule has 0 unspecified atom stereocenters. The van der Waals surface area contributed by atoms with E-state index in [2.05, 4.69) is 10.6 Å². The number of piperidine rings is 1. The van der Waals surface area contributed by atoms with E-state index < -0.39 is 0 Å². The first kappa shape index (κ1) is 20.5. The monoisotopic (exact) mass is 411 g/mol. The maximum Gasteiger partial charge on any atom is 0.225 e. The number of carbonyl (C=O) groups excluding carboxylic acids is 1. The molecule has 1 aliphatic heterocycles. The minimum Gasteiger partial charge on any atom is -0.497 e. The summed E-state index contributed by atoms with van der Waals surface area (Å²) in [5.41, 5.74) is 1.84. The van der Waals surface area contributed by atoms with E-state index in [-0.39, 0.29) is 17.7 Å². The lowest BCUT2D eigenvalue weighted by atomic mass is 9.83. The van der Waals surface area contributed by atoms with Crippen molar-refractivity contribution in [1.82, 2.24) is 15.6 Å². The summed E-state index contributed by atoms with van der Waals surface area (Å²) in [6.07, 6.45) is 3.06. The molecular weight excluding hydrogens is 382 g/mol. The topological polar surface area (TPSA) is 81.7 Å². The molecule has 1 saturated carbocycles. The zero-order chi connectivity index (χ0) is 20.9. The molecule has 160 valence electrons. The van der Waals surface area contributed by atoms with Gasteiger partial charge >= 0.3 is 0 Å². The number of methoxy groups -OCH3 is 2. The second-order valence-corrected chi connectivity index (χ2v) is 7.90. The Balaban J connectivity index is 1.46. The Bertz CT molecular complexity index is 862. The SMILES string of the molecule is COc1cc(COc2cccc([C@H]3CCNC[C@@H]3C(=O)NC3CC3)n2)cc(OC)c1. The molecule has 2 aromatic rings. The van der Waals surface area contributed by atoms with Crippen LogP contribution in [0.1, 0.15) is 36.4 Å². The first-order chi connectivity index (χ1) is 14.7. The summed E-state index contributed by atoms with van der Waals surface area (Å²) in [7, 11) is 3.25. The van der Waals surface area contributed by atoms with Crippen molar-refractivity contribution < 1.29 is 19.0 Å². The van der Waals surface area contributed by atoms with Crippen molar-refractivity contribution in [3.05, 3.63) is 47.7 Å². The quantitative estimate of drug-likeness (QED) is 0.695. The van der Waals surface area contributed by atoms with E-state index in [0.29, 0.717) is 36.6 Å². The van der Waals surface area contributed by atoms with E-state index in [4.69, 9.17) is 19.2 Å².